The molecule has 0 saturated heterocycles. The summed E-state index contributed by atoms with van der Waals surface area (Å²) in [6.45, 7) is 3.81. The Kier molecular flexibility index (Phi) is 3.46. The maximum atomic E-state index is 11.4. The molecule has 0 aliphatic carbocycles. The van der Waals surface area contributed by atoms with E-state index >= 15 is 0 Å². The topological polar surface area (TPSA) is 26.3 Å². The first-order valence-electron chi connectivity index (χ1n) is 4.51. The van der Waals surface area contributed by atoms with Gasteiger partial charge in [-0.1, -0.05) is 30.3 Å². The number of methoxy groups -OCH3 is 1. The Hall–Kier alpha value is -1.57. The zero-order valence-electron chi connectivity index (χ0n) is 8.70. The Bertz CT molecular complexity index is 364. The second kappa shape index (κ2) is 4.61. The van der Waals surface area contributed by atoms with E-state index in [1.807, 2.05) is 38.1 Å². The molecule has 1 aromatic carbocycles. The van der Waals surface area contributed by atoms with Gasteiger partial charge in [0.2, 0.25) is 0 Å². The predicted octanol–water partition coefficient (Wildman–Crippen LogP) is 2.57. The molecule has 0 amide bonds. The van der Waals surface area contributed by atoms with Gasteiger partial charge in [-0.05, 0) is 25.0 Å². The van der Waals surface area contributed by atoms with Crippen molar-refractivity contribution in [1.29, 1.82) is 0 Å². The highest BCUT2D eigenvalue weighted by Crippen LogP contribution is 2.19. The van der Waals surface area contributed by atoms with Crippen molar-refractivity contribution in [3.05, 3.63) is 41.5 Å². The van der Waals surface area contributed by atoms with Gasteiger partial charge in [0, 0.05) is 0 Å². The van der Waals surface area contributed by atoms with E-state index in [0.717, 1.165) is 11.1 Å². The van der Waals surface area contributed by atoms with Crippen molar-refractivity contribution in [2.45, 2.75) is 13.8 Å². The van der Waals surface area contributed by atoms with Crippen molar-refractivity contribution >= 4 is 11.5 Å². The quantitative estimate of drug-likeness (QED) is 0.529. The Morgan fingerprint density at radius 2 is 2.00 bits per heavy atom. The smallest absolute Gasteiger partial charge is 0.338 e. The van der Waals surface area contributed by atoms with Crippen LogP contribution < -0.4 is 0 Å². The van der Waals surface area contributed by atoms with Crippen molar-refractivity contribution < 1.29 is 9.53 Å². The molecular weight excluding hydrogens is 176 g/mol. The van der Waals surface area contributed by atoms with Crippen LogP contribution in [0.5, 0.6) is 0 Å². The summed E-state index contributed by atoms with van der Waals surface area (Å²) in [4.78, 5) is 11.4. The highest BCUT2D eigenvalue weighted by atomic mass is 16.5. The lowest BCUT2D eigenvalue weighted by Crippen LogP contribution is -2.04. The molecule has 14 heavy (non-hydrogen) atoms. The van der Waals surface area contributed by atoms with Crippen molar-refractivity contribution in [3.8, 4) is 0 Å². The van der Waals surface area contributed by atoms with Crippen LogP contribution in [0.4, 0.5) is 0 Å². The van der Waals surface area contributed by atoms with Crippen LogP contribution in [-0.2, 0) is 9.53 Å². The van der Waals surface area contributed by atoms with Crippen LogP contribution in [0.25, 0.3) is 5.57 Å². The Labute approximate surface area is 84.2 Å². The normalized spacial score (nSPS) is 11.2. The summed E-state index contributed by atoms with van der Waals surface area (Å²) in [5, 5.41) is 0. The van der Waals surface area contributed by atoms with Gasteiger partial charge in [0.05, 0.1) is 12.7 Å². The van der Waals surface area contributed by atoms with Gasteiger partial charge in [0.25, 0.3) is 0 Å². The fourth-order valence-electron chi connectivity index (χ4n) is 1.37. The first kappa shape index (κ1) is 10.5. The summed E-state index contributed by atoms with van der Waals surface area (Å²) in [5.74, 6) is -0.290. The predicted molar refractivity (Wildman–Crippen MR) is 56.8 cm³/mol. The minimum Gasteiger partial charge on any atom is -0.465 e. The van der Waals surface area contributed by atoms with Crippen LogP contribution in [0.1, 0.15) is 18.1 Å². The highest BCUT2D eigenvalue weighted by Gasteiger charge is 2.12. The zero-order valence-corrected chi connectivity index (χ0v) is 8.70. The van der Waals surface area contributed by atoms with Gasteiger partial charge < -0.3 is 4.74 Å². The number of hydrogen-bond acceptors (Lipinski definition) is 2. The summed E-state index contributed by atoms with van der Waals surface area (Å²) < 4.78 is 4.71. The second-order valence-electron chi connectivity index (χ2n) is 3.01. The third-order valence-corrected chi connectivity index (χ3v) is 2.13. The SMILES string of the molecule is C/C=C(\C(=O)OC)c1ccccc1C. The molecule has 2 nitrogen and oxygen atoms in total. The van der Waals surface area contributed by atoms with E-state index < -0.39 is 0 Å². The molecule has 1 aromatic rings. The highest BCUT2D eigenvalue weighted by molar-refractivity contribution is 6.16. The fourth-order valence-corrected chi connectivity index (χ4v) is 1.37. The summed E-state index contributed by atoms with van der Waals surface area (Å²) in [6, 6.07) is 7.75. The molecule has 0 bridgehead atoms. The molecule has 1 rings (SSSR count). The molecule has 0 heterocycles. The Morgan fingerprint density at radius 3 is 2.50 bits per heavy atom. The van der Waals surface area contributed by atoms with E-state index in [9.17, 15) is 4.79 Å². The summed E-state index contributed by atoms with van der Waals surface area (Å²) in [7, 11) is 1.39. The molecule has 0 aliphatic heterocycles. The van der Waals surface area contributed by atoms with E-state index in [-0.39, 0.29) is 5.97 Å². The minimum atomic E-state index is -0.290. The molecule has 0 aliphatic rings. The number of ether oxygens (including phenoxy) is 1. The van der Waals surface area contributed by atoms with Crippen LogP contribution in [0.2, 0.25) is 0 Å². The summed E-state index contributed by atoms with van der Waals surface area (Å²) in [6.07, 6.45) is 1.77. The lowest BCUT2D eigenvalue weighted by molar-refractivity contribution is -0.133. The van der Waals surface area contributed by atoms with E-state index in [0.29, 0.717) is 5.57 Å². The summed E-state index contributed by atoms with van der Waals surface area (Å²) >= 11 is 0. The monoisotopic (exact) mass is 190 g/mol. The van der Waals surface area contributed by atoms with Gasteiger partial charge in [0.15, 0.2) is 0 Å². The zero-order chi connectivity index (χ0) is 10.6. The number of hydrogen-bond donors (Lipinski definition) is 0. The number of allylic oxidation sites excluding steroid dienone is 1. The van der Waals surface area contributed by atoms with Crippen LogP contribution in [0.15, 0.2) is 30.3 Å². The average Bonchev–Trinajstić information content (AvgIpc) is 2.21. The van der Waals surface area contributed by atoms with E-state index in [1.54, 1.807) is 6.08 Å². The Balaban J connectivity index is 3.15. The molecule has 0 spiro atoms. The van der Waals surface area contributed by atoms with Gasteiger partial charge in [-0.15, -0.1) is 0 Å². The molecule has 2 heteroatoms. The number of aryl methyl sites for hydroxylation is 1. The first-order valence-corrected chi connectivity index (χ1v) is 4.51. The van der Waals surface area contributed by atoms with E-state index in [1.165, 1.54) is 7.11 Å². The lowest BCUT2D eigenvalue weighted by atomic mass is 10.0. The first-order chi connectivity index (χ1) is 6.70. The third kappa shape index (κ3) is 2.02. The maximum absolute atomic E-state index is 11.4. The van der Waals surface area contributed by atoms with Gasteiger partial charge in [-0.2, -0.15) is 0 Å². The molecule has 0 atom stereocenters. The van der Waals surface area contributed by atoms with Crippen LogP contribution in [0, 0.1) is 6.92 Å². The van der Waals surface area contributed by atoms with Crippen LogP contribution in [-0.4, -0.2) is 13.1 Å². The van der Waals surface area contributed by atoms with Gasteiger partial charge in [0.1, 0.15) is 0 Å². The molecule has 0 radical (unpaired) electrons. The fraction of sp³-hybridized carbons (Fsp3) is 0.250. The molecule has 0 N–H and O–H groups in total. The van der Waals surface area contributed by atoms with Crippen molar-refractivity contribution in [2.75, 3.05) is 7.11 Å². The number of esters is 1. The number of carbonyl (C=O) groups excluding carboxylic acids is 1. The van der Waals surface area contributed by atoms with E-state index in [2.05, 4.69) is 0 Å². The lowest BCUT2D eigenvalue weighted by Gasteiger charge is -2.07. The number of rotatable bonds is 2. The van der Waals surface area contributed by atoms with Gasteiger partial charge in [-0.3, -0.25) is 0 Å². The average molecular weight is 190 g/mol. The largest absolute Gasteiger partial charge is 0.465 e. The van der Waals surface area contributed by atoms with Gasteiger partial charge >= 0.3 is 5.97 Å². The Morgan fingerprint density at radius 1 is 1.36 bits per heavy atom. The van der Waals surface area contributed by atoms with Crippen molar-refractivity contribution in [3.63, 3.8) is 0 Å². The molecule has 0 saturated carbocycles. The third-order valence-electron chi connectivity index (χ3n) is 2.13. The standard InChI is InChI=1S/C12H14O2/c1-4-10(12(13)14-3)11-8-6-5-7-9(11)2/h4-8H,1-3H3/b10-4-. The molecule has 0 unspecified atom stereocenters. The molecule has 74 valence electrons. The molecule has 0 aromatic heterocycles. The molecular formula is C12H14O2. The van der Waals surface area contributed by atoms with Crippen LogP contribution in [0.3, 0.4) is 0 Å². The maximum Gasteiger partial charge on any atom is 0.338 e. The van der Waals surface area contributed by atoms with E-state index in [4.69, 9.17) is 4.74 Å². The summed E-state index contributed by atoms with van der Waals surface area (Å²) in [5.41, 5.74) is 2.62. The van der Waals surface area contributed by atoms with Crippen molar-refractivity contribution in [1.82, 2.24) is 0 Å². The van der Waals surface area contributed by atoms with Gasteiger partial charge in [-0.25, -0.2) is 4.79 Å². The second-order valence-corrected chi connectivity index (χ2v) is 3.01. The minimum absolute atomic E-state index is 0.290. The number of carbonyl (C=O) groups is 1. The molecule has 0 fully saturated rings. The van der Waals surface area contributed by atoms with Crippen LogP contribution >= 0.6 is 0 Å². The van der Waals surface area contributed by atoms with Crippen molar-refractivity contribution in [2.24, 2.45) is 0 Å². The number of benzene rings is 1.